The summed E-state index contributed by atoms with van der Waals surface area (Å²) in [6.45, 7) is 7.35. The molecule has 200 valence electrons. The Balaban J connectivity index is 1.71. The van der Waals surface area contributed by atoms with Crippen LogP contribution in [0.15, 0.2) is 103 Å². The van der Waals surface area contributed by atoms with Crippen molar-refractivity contribution in [1.29, 1.82) is 0 Å². The fourth-order valence-electron chi connectivity index (χ4n) is 3.90. The van der Waals surface area contributed by atoms with Crippen molar-refractivity contribution in [1.82, 2.24) is 9.99 Å². The molecular formula is C32H33N3O4. The number of pyridine rings is 1. The van der Waals surface area contributed by atoms with Crippen molar-refractivity contribution in [3.63, 3.8) is 0 Å². The lowest BCUT2D eigenvalue weighted by Gasteiger charge is -2.32. The molecule has 1 amide bonds. The topological polar surface area (TPSA) is 80.8 Å². The highest BCUT2D eigenvalue weighted by atomic mass is 16.6. The minimum atomic E-state index is -0.881. The first-order valence-corrected chi connectivity index (χ1v) is 12.8. The third-order valence-corrected chi connectivity index (χ3v) is 5.89. The van der Waals surface area contributed by atoms with Crippen LogP contribution in [0.2, 0.25) is 0 Å². The molecule has 1 heterocycles. The fourth-order valence-corrected chi connectivity index (χ4v) is 3.90. The molecule has 0 spiro atoms. The van der Waals surface area contributed by atoms with Crippen molar-refractivity contribution in [2.24, 2.45) is 0 Å². The molecule has 7 heteroatoms. The van der Waals surface area contributed by atoms with E-state index in [1.54, 1.807) is 64.4 Å². The number of Topliss-reactive ketones (excluding diaryl/α,β-unsaturated/α-hetero) is 1. The van der Waals surface area contributed by atoms with E-state index >= 15 is 0 Å². The number of hydrogen-bond donors (Lipinski definition) is 1. The maximum absolute atomic E-state index is 13.4. The Morgan fingerprint density at radius 3 is 2.15 bits per heavy atom. The van der Waals surface area contributed by atoms with Crippen molar-refractivity contribution < 1.29 is 19.1 Å². The summed E-state index contributed by atoms with van der Waals surface area (Å²) in [6, 6.07) is 27.3. The predicted octanol–water partition coefficient (Wildman–Crippen LogP) is 7.16. The van der Waals surface area contributed by atoms with Crippen LogP contribution in [-0.2, 0) is 11.3 Å². The van der Waals surface area contributed by atoms with Gasteiger partial charge in [-0.15, -0.1) is 0 Å². The summed E-state index contributed by atoms with van der Waals surface area (Å²) in [4.78, 5) is 30.9. The lowest BCUT2D eigenvalue weighted by molar-refractivity contribution is 0.0228. The molecule has 0 bridgehead atoms. The molecule has 0 aliphatic heterocycles. The van der Waals surface area contributed by atoms with Crippen LogP contribution >= 0.6 is 0 Å². The van der Waals surface area contributed by atoms with Gasteiger partial charge in [-0.2, -0.15) is 0 Å². The predicted molar refractivity (Wildman–Crippen MR) is 152 cm³/mol. The number of nitrogens with zero attached hydrogens (tertiary/aromatic N) is 2. The summed E-state index contributed by atoms with van der Waals surface area (Å²) in [5.74, 6) is 0.288. The van der Waals surface area contributed by atoms with E-state index in [-0.39, 0.29) is 5.78 Å². The van der Waals surface area contributed by atoms with Gasteiger partial charge < -0.3 is 9.47 Å². The highest BCUT2D eigenvalue weighted by Gasteiger charge is 2.31. The number of carbonyl (C=O) groups excluding carboxylic acids is 2. The Hall–Kier alpha value is -4.65. The molecule has 1 aromatic heterocycles. The van der Waals surface area contributed by atoms with Crippen LogP contribution in [0.5, 0.6) is 5.75 Å². The molecule has 1 N–H and O–H groups in total. The number of aromatic nitrogens is 1. The van der Waals surface area contributed by atoms with E-state index in [1.165, 1.54) is 5.01 Å². The minimum Gasteiger partial charge on any atom is -0.487 e. The van der Waals surface area contributed by atoms with Gasteiger partial charge in [-0.3, -0.25) is 15.2 Å². The first-order chi connectivity index (χ1) is 18.7. The van der Waals surface area contributed by atoms with Crippen molar-refractivity contribution in [3.8, 4) is 16.9 Å². The lowest BCUT2D eigenvalue weighted by Crippen LogP contribution is -2.49. The van der Waals surface area contributed by atoms with Crippen LogP contribution in [-0.4, -0.2) is 33.5 Å². The summed E-state index contributed by atoms with van der Waals surface area (Å²) in [5.41, 5.74) is 6.23. The van der Waals surface area contributed by atoms with Crippen LogP contribution in [0.4, 0.5) is 10.5 Å². The largest absolute Gasteiger partial charge is 0.487 e. The van der Waals surface area contributed by atoms with Crippen LogP contribution in [0.25, 0.3) is 11.1 Å². The van der Waals surface area contributed by atoms with Crippen molar-refractivity contribution >= 4 is 17.6 Å². The second-order valence-corrected chi connectivity index (χ2v) is 10.1. The smallest absolute Gasteiger partial charge is 0.429 e. The third-order valence-electron chi connectivity index (χ3n) is 5.89. The number of hydrogen-bond acceptors (Lipinski definition) is 6. The first-order valence-electron chi connectivity index (χ1n) is 12.8. The molecule has 3 aromatic carbocycles. The molecule has 4 rings (SSSR count). The van der Waals surface area contributed by atoms with Gasteiger partial charge in [0.15, 0.2) is 5.78 Å². The number of benzene rings is 3. The van der Waals surface area contributed by atoms with Crippen LogP contribution in [0.3, 0.4) is 0 Å². The molecule has 0 saturated heterocycles. The number of anilines is 1. The zero-order valence-electron chi connectivity index (χ0n) is 22.6. The Bertz CT molecular complexity index is 1390. The van der Waals surface area contributed by atoms with Gasteiger partial charge in [-0.05, 0) is 68.7 Å². The Morgan fingerprint density at radius 2 is 1.51 bits per heavy atom. The third kappa shape index (κ3) is 7.45. The monoisotopic (exact) mass is 523 g/mol. The molecule has 0 aliphatic carbocycles. The average Bonchev–Trinajstić information content (AvgIpc) is 2.95. The van der Waals surface area contributed by atoms with E-state index in [1.807, 2.05) is 66.7 Å². The Kier molecular flexibility index (Phi) is 8.61. The second-order valence-electron chi connectivity index (χ2n) is 10.1. The molecule has 0 radical (unpaired) electrons. The van der Waals surface area contributed by atoms with E-state index in [0.717, 1.165) is 16.7 Å². The van der Waals surface area contributed by atoms with Crippen LogP contribution in [0.1, 0.15) is 43.6 Å². The summed E-state index contributed by atoms with van der Waals surface area (Å²) in [5, 5.41) is 1.22. The molecule has 7 nitrogen and oxygen atoms in total. The second kappa shape index (κ2) is 12.3. The summed E-state index contributed by atoms with van der Waals surface area (Å²) >= 11 is 0. The molecular weight excluding hydrogens is 490 g/mol. The number of hydrazine groups is 1. The fraction of sp³-hybridized carbons (Fsp3) is 0.219. The molecule has 0 fully saturated rings. The van der Waals surface area contributed by atoms with Crippen LogP contribution < -0.4 is 10.2 Å². The Morgan fingerprint density at radius 1 is 0.872 bits per heavy atom. The van der Waals surface area contributed by atoms with Gasteiger partial charge in [-0.1, -0.05) is 66.7 Å². The number of nitrogens with one attached hydrogen (secondary N) is 1. The number of rotatable bonds is 9. The van der Waals surface area contributed by atoms with E-state index in [4.69, 9.17) is 9.47 Å². The number of ketones is 1. The summed E-state index contributed by atoms with van der Waals surface area (Å²) in [6.07, 6.45) is 2.76. The highest BCUT2D eigenvalue weighted by molar-refractivity contribution is 6.01. The quantitative estimate of drug-likeness (QED) is 0.185. The highest BCUT2D eigenvalue weighted by Crippen LogP contribution is 2.32. The van der Waals surface area contributed by atoms with E-state index in [2.05, 4.69) is 10.4 Å². The van der Waals surface area contributed by atoms with Gasteiger partial charge in [0.1, 0.15) is 24.0 Å². The average molecular weight is 524 g/mol. The zero-order valence-corrected chi connectivity index (χ0v) is 22.6. The van der Waals surface area contributed by atoms with Gasteiger partial charge in [0.05, 0.1) is 5.69 Å². The molecule has 1 unspecified atom stereocenters. The lowest BCUT2D eigenvalue weighted by atomic mass is 10.0. The van der Waals surface area contributed by atoms with Crippen molar-refractivity contribution in [2.45, 2.75) is 45.9 Å². The molecule has 0 aliphatic rings. The first kappa shape index (κ1) is 27.4. The van der Waals surface area contributed by atoms with E-state index in [9.17, 15) is 9.59 Å². The molecule has 0 saturated carbocycles. The molecule has 39 heavy (non-hydrogen) atoms. The van der Waals surface area contributed by atoms with Gasteiger partial charge in [0.2, 0.25) is 0 Å². The zero-order chi connectivity index (χ0) is 27.8. The summed E-state index contributed by atoms with van der Waals surface area (Å²) in [7, 11) is 0. The molecule has 4 aromatic rings. The number of ether oxygens (including phenoxy) is 2. The minimum absolute atomic E-state index is 0.231. The van der Waals surface area contributed by atoms with Crippen LogP contribution in [0, 0.1) is 0 Å². The van der Waals surface area contributed by atoms with Gasteiger partial charge in [-0.25, -0.2) is 9.80 Å². The maximum Gasteiger partial charge on any atom is 0.429 e. The SMILES string of the molecule is CC(C(=O)c1ccccc1)N(Nc1cc(-c2ccncc2)ccc1OCc1ccccc1)C(=O)OC(C)(C)C. The van der Waals surface area contributed by atoms with Gasteiger partial charge in [0, 0.05) is 18.0 Å². The van der Waals surface area contributed by atoms with Gasteiger partial charge >= 0.3 is 6.09 Å². The summed E-state index contributed by atoms with van der Waals surface area (Å²) < 4.78 is 11.9. The van der Waals surface area contributed by atoms with E-state index in [0.29, 0.717) is 23.6 Å². The van der Waals surface area contributed by atoms with E-state index < -0.39 is 17.7 Å². The normalized spacial score (nSPS) is 11.8. The Labute approximate surface area is 229 Å². The molecule has 1 atom stereocenters. The number of carbonyl (C=O) groups is 2. The maximum atomic E-state index is 13.4. The van der Waals surface area contributed by atoms with Gasteiger partial charge in [0.25, 0.3) is 0 Å². The standard InChI is InChI=1S/C32H33N3O4/c1-23(30(36)26-13-9-6-10-14-26)35(31(37)39-32(2,3)4)34-28-21-27(25-17-19-33-20-18-25)15-16-29(28)38-22-24-11-7-5-8-12-24/h5-21,23,34H,22H2,1-4H3. The van der Waals surface area contributed by atoms with Crippen molar-refractivity contribution in [2.75, 3.05) is 5.43 Å². The number of amides is 1. The van der Waals surface area contributed by atoms with Crippen molar-refractivity contribution in [3.05, 3.63) is 115 Å².